The Bertz CT molecular complexity index is 444. The Kier molecular flexibility index (Phi) is 7.16. The molecule has 1 aliphatic heterocycles. The second kappa shape index (κ2) is 8.88. The lowest BCUT2D eigenvalue weighted by atomic mass is 10.0. The van der Waals surface area contributed by atoms with E-state index < -0.39 is 0 Å². The SMILES string of the molecule is CC(C)C(O)CCNC1CCN(Cc2ccccc2Cl)CC1. The highest BCUT2D eigenvalue weighted by Gasteiger charge is 2.19. The predicted octanol–water partition coefficient (Wildman–Crippen LogP) is 3.30. The van der Waals surface area contributed by atoms with Crippen LogP contribution in [0.25, 0.3) is 0 Å². The highest BCUT2D eigenvalue weighted by molar-refractivity contribution is 6.31. The van der Waals surface area contributed by atoms with Gasteiger partial charge in [-0.2, -0.15) is 0 Å². The molecule has 0 spiro atoms. The Morgan fingerprint density at radius 1 is 1.27 bits per heavy atom. The highest BCUT2D eigenvalue weighted by Crippen LogP contribution is 2.19. The predicted molar refractivity (Wildman–Crippen MR) is 93.2 cm³/mol. The van der Waals surface area contributed by atoms with E-state index in [1.165, 1.54) is 18.4 Å². The van der Waals surface area contributed by atoms with Crippen molar-refractivity contribution in [2.45, 2.75) is 51.8 Å². The molecule has 3 nitrogen and oxygen atoms in total. The van der Waals surface area contributed by atoms with E-state index in [4.69, 9.17) is 11.6 Å². The van der Waals surface area contributed by atoms with E-state index in [-0.39, 0.29) is 6.10 Å². The summed E-state index contributed by atoms with van der Waals surface area (Å²) >= 11 is 6.23. The van der Waals surface area contributed by atoms with E-state index in [9.17, 15) is 5.11 Å². The quantitative estimate of drug-likeness (QED) is 0.808. The topological polar surface area (TPSA) is 35.5 Å². The Morgan fingerprint density at radius 3 is 2.59 bits per heavy atom. The van der Waals surface area contributed by atoms with Crippen molar-refractivity contribution in [3.8, 4) is 0 Å². The van der Waals surface area contributed by atoms with Gasteiger partial charge in [-0.05, 0) is 56.4 Å². The molecule has 0 amide bonds. The van der Waals surface area contributed by atoms with Gasteiger partial charge in [0.25, 0.3) is 0 Å². The molecule has 0 aromatic heterocycles. The summed E-state index contributed by atoms with van der Waals surface area (Å²) in [6.07, 6.45) is 3.00. The van der Waals surface area contributed by atoms with Crippen molar-refractivity contribution in [2.24, 2.45) is 5.92 Å². The van der Waals surface area contributed by atoms with Crippen LogP contribution in [-0.4, -0.2) is 41.8 Å². The zero-order valence-corrected chi connectivity index (χ0v) is 14.5. The van der Waals surface area contributed by atoms with Gasteiger partial charge in [-0.15, -0.1) is 0 Å². The first-order valence-corrected chi connectivity index (χ1v) is 8.81. The largest absolute Gasteiger partial charge is 0.393 e. The van der Waals surface area contributed by atoms with Crippen molar-refractivity contribution in [1.29, 1.82) is 0 Å². The maximum absolute atomic E-state index is 9.83. The molecular formula is C18H29ClN2O. The smallest absolute Gasteiger partial charge is 0.0575 e. The van der Waals surface area contributed by atoms with Crippen LogP contribution in [0.3, 0.4) is 0 Å². The number of hydrogen-bond donors (Lipinski definition) is 2. The minimum Gasteiger partial charge on any atom is -0.393 e. The van der Waals surface area contributed by atoms with Gasteiger partial charge in [0.05, 0.1) is 6.10 Å². The average Bonchev–Trinajstić information content (AvgIpc) is 2.51. The Hall–Kier alpha value is -0.610. The van der Waals surface area contributed by atoms with Crippen molar-refractivity contribution in [3.05, 3.63) is 34.9 Å². The molecule has 1 atom stereocenters. The van der Waals surface area contributed by atoms with Crippen LogP contribution in [0.1, 0.15) is 38.7 Å². The fourth-order valence-electron chi connectivity index (χ4n) is 2.93. The third-order valence-electron chi connectivity index (χ3n) is 4.58. The van der Waals surface area contributed by atoms with Gasteiger partial charge in [-0.25, -0.2) is 0 Å². The summed E-state index contributed by atoms with van der Waals surface area (Å²) in [5.41, 5.74) is 1.22. The first kappa shape index (κ1) is 17.7. The van der Waals surface area contributed by atoms with Gasteiger partial charge in [0.1, 0.15) is 0 Å². The Labute approximate surface area is 139 Å². The van der Waals surface area contributed by atoms with Crippen LogP contribution in [0.5, 0.6) is 0 Å². The van der Waals surface area contributed by atoms with E-state index in [0.717, 1.165) is 37.6 Å². The monoisotopic (exact) mass is 324 g/mol. The highest BCUT2D eigenvalue weighted by atomic mass is 35.5. The lowest BCUT2D eigenvalue weighted by Crippen LogP contribution is -2.43. The van der Waals surface area contributed by atoms with Crippen LogP contribution < -0.4 is 5.32 Å². The minimum absolute atomic E-state index is 0.187. The molecule has 1 aromatic rings. The fourth-order valence-corrected chi connectivity index (χ4v) is 3.13. The van der Waals surface area contributed by atoms with Crippen LogP contribution >= 0.6 is 11.6 Å². The molecule has 0 bridgehead atoms. The average molecular weight is 325 g/mol. The molecule has 1 unspecified atom stereocenters. The van der Waals surface area contributed by atoms with Crippen molar-refractivity contribution < 1.29 is 5.11 Å². The molecule has 0 radical (unpaired) electrons. The Balaban J connectivity index is 1.67. The number of halogens is 1. The van der Waals surface area contributed by atoms with E-state index >= 15 is 0 Å². The standard InChI is InChI=1S/C18H29ClN2O/c1-14(2)18(22)7-10-20-16-8-11-21(12-9-16)13-15-5-3-4-6-17(15)19/h3-6,14,16,18,20,22H,7-13H2,1-2H3. The molecule has 2 rings (SSSR count). The van der Waals surface area contributed by atoms with Gasteiger partial charge >= 0.3 is 0 Å². The molecule has 1 heterocycles. The summed E-state index contributed by atoms with van der Waals surface area (Å²) in [4.78, 5) is 2.47. The van der Waals surface area contributed by atoms with Crippen molar-refractivity contribution >= 4 is 11.6 Å². The van der Waals surface area contributed by atoms with Gasteiger partial charge < -0.3 is 10.4 Å². The molecule has 1 aliphatic rings. The summed E-state index contributed by atoms with van der Waals surface area (Å²) in [6, 6.07) is 8.69. The van der Waals surface area contributed by atoms with Crippen LogP contribution in [-0.2, 0) is 6.54 Å². The van der Waals surface area contributed by atoms with Gasteiger partial charge in [-0.1, -0.05) is 43.6 Å². The van der Waals surface area contributed by atoms with Crippen LogP contribution in [0.4, 0.5) is 0 Å². The van der Waals surface area contributed by atoms with E-state index in [1.807, 2.05) is 12.1 Å². The minimum atomic E-state index is -0.187. The molecule has 1 aromatic carbocycles. The number of aliphatic hydroxyl groups is 1. The second-order valence-corrected chi connectivity index (χ2v) is 7.10. The molecule has 0 saturated carbocycles. The first-order chi connectivity index (χ1) is 10.6. The molecule has 124 valence electrons. The molecule has 1 fully saturated rings. The summed E-state index contributed by atoms with van der Waals surface area (Å²) < 4.78 is 0. The van der Waals surface area contributed by atoms with Gasteiger partial charge in [0.15, 0.2) is 0 Å². The van der Waals surface area contributed by atoms with E-state index in [2.05, 4.69) is 36.2 Å². The number of nitrogens with zero attached hydrogens (tertiary/aromatic N) is 1. The summed E-state index contributed by atoms with van der Waals surface area (Å²) in [5.74, 6) is 0.347. The van der Waals surface area contributed by atoms with Gasteiger partial charge in [0.2, 0.25) is 0 Å². The van der Waals surface area contributed by atoms with Crippen LogP contribution in [0.15, 0.2) is 24.3 Å². The van der Waals surface area contributed by atoms with Crippen molar-refractivity contribution in [3.63, 3.8) is 0 Å². The normalized spacial score (nSPS) is 18.8. The van der Waals surface area contributed by atoms with E-state index in [0.29, 0.717) is 12.0 Å². The zero-order chi connectivity index (χ0) is 15.9. The lowest BCUT2D eigenvalue weighted by Gasteiger charge is -2.33. The summed E-state index contributed by atoms with van der Waals surface area (Å²) in [5, 5.41) is 14.3. The van der Waals surface area contributed by atoms with Crippen LogP contribution in [0, 0.1) is 5.92 Å². The number of rotatable bonds is 7. The number of piperidine rings is 1. The van der Waals surface area contributed by atoms with Crippen molar-refractivity contribution in [1.82, 2.24) is 10.2 Å². The molecular weight excluding hydrogens is 296 g/mol. The third-order valence-corrected chi connectivity index (χ3v) is 4.95. The molecule has 1 saturated heterocycles. The van der Waals surface area contributed by atoms with Crippen LogP contribution in [0.2, 0.25) is 5.02 Å². The number of likely N-dealkylation sites (tertiary alicyclic amines) is 1. The van der Waals surface area contributed by atoms with Gasteiger partial charge in [0, 0.05) is 17.6 Å². The van der Waals surface area contributed by atoms with E-state index in [1.54, 1.807) is 0 Å². The number of aliphatic hydroxyl groups excluding tert-OH is 1. The summed E-state index contributed by atoms with van der Waals surface area (Å²) in [6.45, 7) is 8.20. The lowest BCUT2D eigenvalue weighted by molar-refractivity contribution is 0.112. The number of hydrogen-bond acceptors (Lipinski definition) is 3. The van der Waals surface area contributed by atoms with Crippen molar-refractivity contribution in [2.75, 3.05) is 19.6 Å². The third kappa shape index (κ3) is 5.54. The number of nitrogens with one attached hydrogen (secondary N) is 1. The van der Waals surface area contributed by atoms with Gasteiger partial charge in [-0.3, -0.25) is 4.90 Å². The number of benzene rings is 1. The fraction of sp³-hybridized carbons (Fsp3) is 0.667. The summed E-state index contributed by atoms with van der Waals surface area (Å²) in [7, 11) is 0. The Morgan fingerprint density at radius 2 is 1.95 bits per heavy atom. The maximum Gasteiger partial charge on any atom is 0.0575 e. The molecule has 4 heteroatoms. The molecule has 0 aliphatic carbocycles. The second-order valence-electron chi connectivity index (χ2n) is 6.70. The maximum atomic E-state index is 9.83. The first-order valence-electron chi connectivity index (χ1n) is 8.43. The zero-order valence-electron chi connectivity index (χ0n) is 13.8. The molecule has 22 heavy (non-hydrogen) atoms. The molecule has 2 N–H and O–H groups in total.